The predicted octanol–water partition coefficient (Wildman–Crippen LogP) is 3.87. The summed E-state index contributed by atoms with van der Waals surface area (Å²) in [5.41, 5.74) is 10.6. The Morgan fingerprint density at radius 3 is 2.29 bits per heavy atom. The van der Waals surface area contributed by atoms with Crippen LogP contribution in [-0.2, 0) is 17.6 Å². The highest BCUT2D eigenvalue weighted by atomic mass is 32.1. The Balaban J connectivity index is 0.000000279. The zero-order valence-corrected chi connectivity index (χ0v) is 15.6. The van der Waals surface area contributed by atoms with Crippen LogP contribution in [0.3, 0.4) is 0 Å². The lowest BCUT2D eigenvalue weighted by atomic mass is 10.1. The number of nitrogens with zero attached hydrogens (tertiary/aromatic N) is 3. The average Bonchev–Trinajstić information content (AvgIpc) is 3.31. The van der Waals surface area contributed by atoms with Gasteiger partial charge in [0.15, 0.2) is 5.13 Å². The lowest BCUT2D eigenvalue weighted by molar-refractivity contribution is -0.192. The van der Waals surface area contributed by atoms with E-state index >= 15 is 0 Å². The molecule has 0 spiro atoms. The molecule has 0 fully saturated rings. The highest BCUT2D eigenvalue weighted by Crippen LogP contribution is 2.33. The zero-order valence-electron chi connectivity index (χ0n) is 14.8. The van der Waals surface area contributed by atoms with E-state index < -0.39 is 12.1 Å². The third-order valence-electron chi connectivity index (χ3n) is 4.30. The highest BCUT2D eigenvalue weighted by Gasteiger charge is 2.38. The van der Waals surface area contributed by atoms with E-state index in [2.05, 4.69) is 46.2 Å². The van der Waals surface area contributed by atoms with Crippen LogP contribution in [0.2, 0.25) is 0 Å². The fourth-order valence-corrected chi connectivity index (χ4v) is 3.84. The lowest BCUT2D eigenvalue weighted by Crippen LogP contribution is -2.21. The summed E-state index contributed by atoms with van der Waals surface area (Å²) in [7, 11) is 0. The first kappa shape index (κ1) is 19.9. The Morgan fingerprint density at radius 2 is 1.82 bits per heavy atom. The summed E-state index contributed by atoms with van der Waals surface area (Å²) in [6, 6.07) is 11.1. The number of hydrogen-bond acceptors (Lipinski definition) is 5. The Hall–Kier alpha value is -2.88. The number of halogens is 3. The van der Waals surface area contributed by atoms with Gasteiger partial charge in [0, 0.05) is 6.20 Å². The van der Waals surface area contributed by atoms with Crippen molar-refractivity contribution in [3.8, 4) is 10.6 Å². The highest BCUT2D eigenvalue weighted by molar-refractivity contribution is 7.18. The van der Waals surface area contributed by atoms with E-state index in [1.165, 1.54) is 22.5 Å². The maximum absolute atomic E-state index is 10.6. The molecule has 0 atom stereocenters. The molecule has 2 heterocycles. The van der Waals surface area contributed by atoms with Crippen molar-refractivity contribution in [1.29, 1.82) is 0 Å². The zero-order chi connectivity index (χ0) is 20.5. The van der Waals surface area contributed by atoms with Gasteiger partial charge in [-0.15, -0.1) is 0 Å². The van der Waals surface area contributed by atoms with E-state index in [0.29, 0.717) is 11.2 Å². The van der Waals surface area contributed by atoms with Gasteiger partial charge in [0.2, 0.25) is 0 Å². The van der Waals surface area contributed by atoms with E-state index in [-0.39, 0.29) is 0 Å². The summed E-state index contributed by atoms with van der Waals surface area (Å²) in [4.78, 5) is 14.2. The second-order valence-corrected chi connectivity index (χ2v) is 7.31. The topological polar surface area (TPSA) is 94.0 Å². The molecule has 0 unspecified atom stereocenters. The van der Waals surface area contributed by atoms with Crippen molar-refractivity contribution in [3.05, 3.63) is 53.3 Å². The minimum absolute atomic E-state index is 0.418. The molecule has 0 saturated heterocycles. The van der Waals surface area contributed by atoms with Crippen LogP contribution in [0.1, 0.15) is 22.9 Å². The summed E-state index contributed by atoms with van der Waals surface area (Å²) < 4.78 is 33.8. The van der Waals surface area contributed by atoms with Gasteiger partial charge in [0.1, 0.15) is 5.69 Å². The summed E-state index contributed by atoms with van der Waals surface area (Å²) in [6.45, 7) is 1.98. The third kappa shape index (κ3) is 4.33. The fraction of sp³-hybridized carbons (Fsp3) is 0.278. The van der Waals surface area contributed by atoms with Crippen LogP contribution in [-0.4, -0.2) is 32.0 Å². The standard InChI is InChI=1S/C16H16N4S.C2HF3O2/c1-10-15(21-16(17)18-10)14-6-7-20(19-14)13-8-11-4-2-3-5-12(11)9-13;3-2(4,5)1(6)7/h2-7,13H,8-9H2,1H3,(H2,17,18);(H,6,7). The van der Waals surface area contributed by atoms with Crippen molar-refractivity contribution in [3.63, 3.8) is 0 Å². The predicted molar refractivity (Wildman–Crippen MR) is 99.1 cm³/mol. The molecule has 0 saturated carbocycles. The largest absolute Gasteiger partial charge is 0.490 e. The number of carbonyl (C=O) groups is 1. The number of aliphatic carboxylic acids is 1. The smallest absolute Gasteiger partial charge is 0.475 e. The average molecular weight is 410 g/mol. The third-order valence-corrected chi connectivity index (χ3v) is 5.31. The number of rotatable bonds is 2. The molecule has 148 valence electrons. The summed E-state index contributed by atoms with van der Waals surface area (Å²) in [5, 5.41) is 12.5. The molecule has 3 N–H and O–H groups in total. The molecule has 4 rings (SSSR count). The number of fused-ring (bicyclic) bond motifs is 1. The van der Waals surface area contributed by atoms with Crippen LogP contribution >= 0.6 is 11.3 Å². The minimum Gasteiger partial charge on any atom is -0.475 e. The number of hydrogen-bond donors (Lipinski definition) is 2. The first-order valence-electron chi connectivity index (χ1n) is 8.30. The molecule has 6 nitrogen and oxygen atoms in total. The number of aryl methyl sites for hydroxylation is 1. The number of anilines is 1. The van der Waals surface area contributed by atoms with E-state index in [1.54, 1.807) is 0 Å². The molecule has 28 heavy (non-hydrogen) atoms. The van der Waals surface area contributed by atoms with Crippen LogP contribution in [0.4, 0.5) is 18.3 Å². The SMILES string of the molecule is Cc1nc(N)sc1-c1ccn(C2Cc3ccccc3C2)n1.O=C(O)C(F)(F)F. The van der Waals surface area contributed by atoms with Gasteiger partial charge in [-0.1, -0.05) is 35.6 Å². The Bertz CT molecular complexity index is 972. The van der Waals surface area contributed by atoms with Crippen LogP contribution in [0.5, 0.6) is 0 Å². The molecule has 0 bridgehead atoms. The number of aromatic nitrogens is 3. The van der Waals surface area contributed by atoms with Crippen molar-refractivity contribution in [2.45, 2.75) is 32.0 Å². The summed E-state index contributed by atoms with van der Waals surface area (Å²) >= 11 is 1.50. The van der Waals surface area contributed by atoms with Crippen LogP contribution in [0.25, 0.3) is 10.6 Å². The molecule has 1 aliphatic carbocycles. The summed E-state index contributed by atoms with van der Waals surface area (Å²) in [6.07, 6.45) is -0.899. The number of nitrogens with two attached hydrogens (primary N) is 1. The van der Waals surface area contributed by atoms with Gasteiger partial charge in [-0.3, -0.25) is 4.68 Å². The van der Waals surface area contributed by atoms with Gasteiger partial charge in [0.05, 0.1) is 16.6 Å². The molecule has 3 aromatic rings. The van der Waals surface area contributed by atoms with Gasteiger partial charge in [-0.05, 0) is 37.0 Å². The van der Waals surface area contributed by atoms with E-state index in [4.69, 9.17) is 20.7 Å². The normalized spacial score (nSPS) is 13.7. The van der Waals surface area contributed by atoms with E-state index in [9.17, 15) is 13.2 Å². The van der Waals surface area contributed by atoms with Crippen molar-refractivity contribution >= 4 is 22.4 Å². The molecular weight excluding hydrogens is 393 g/mol. The number of carboxylic acids is 1. The number of nitrogen functional groups attached to an aromatic ring is 1. The molecule has 2 aromatic heterocycles. The molecule has 1 aromatic carbocycles. The second kappa shape index (κ2) is 7.63. The maximum Gasteiger partial charge on any atom is 0.490 e. The van der Waals surface area contributed by atoms with Gasteiger partial charge in [0.25, 0.3) is 0 Å². The Kier molecular flexibility index (Phi) is 5.41. The Morgan fingerprint density at radius 1 is 1.25 bits per heavy atom. The number of benzene rings is 1. The summed E-state index contributed by atoms with van der Waals surface area (Å²) in [5.74, 6) is -2.76. The van der Waals surface area contributed by atoms with Gasteiger partial charge >= 0.3 is 12.1 Å². The van der Waals surface area contributed by atoms with E-state index in [1.807, 2.05) is 6.92 Å². The van der Waals surface area contributed by atoms with Crippen LogP contribution < -0.4 is 5.73 Å². The molecular formula is C18H17F3N4O2S. The van der Waals surface area contributed by atoms with Crippen molar-refractivity contribution < 1.29 is 23.1 Å². The fourth-order valence-electron chi connectivity index (χ4n) is 3.04. The van der Waals surface area contributed by atoms with E-state index in [0.717, 1.165) is 29.1 Å². The van der Waals surface area contributed by atoms with Crippen molar-refractivity contribution in [2.24, 2.45) is 0 Å². The van der Waals surface area contributed by atoms with Crippen molar-refractivity contribution in [2.75, 3.05) is 5.73 Å². The number of thiazole rings is 1. The second-order valence-electron chi connectivity index (χ2n) is 6.28. The molecule has 1 aliphatic rings. The molecule has 0 radical (unpaired) electrons. The maximum atomic E-state index is 10.6. The van der Waals surface area contributed by atoms with Crippen LogP contribution in [0, 0.1) is 6.92 Å². The first-order valence-corrected chi connectivity index (χ1v) is 9.12. The van der Waals surface area contributed by atoms with Gasteiger partial charge in [-0.2, -0.15) is 18.3 Å². The van der Waals surface area contributed by atoms with Gasteiger partial charge in [-0.25, -0.2) is 9.78 Å². The first-order chi connectivity index (χ1) is 13.1. The number of alkyl halides is 3. The monoisotopic (exact) mass is 410 g/mol. The van der Waals surface area contributed by atoms with Gasteiger partial charge < -0.3 is 10.8 Å². The molecule has 10 heteroatoms. The minimum atomic E-state index is -5.08. The van der Waals surface area contributed by atoms with Crippen LogP contribution in [0.15, 0.2) is 36.5 Å². The van der Waals surface area contributed by atoms with Crippen molar-refractivity contribution in [1.82, 2.24) is 14.8 Å². The molecule has 0 aliphatic heterocycles. The lowest BCUT2D eigenvalue weighted by Gasteiger charge is -2.09. The quantitative estimate of drug-likeness (QED) is 0.669. The number of carboxylic acid groups (broad SMARTS) is 1. The molecule has 0 amide bonds. The Labute approximate surface area is 162 Å².